The Morgan fingerprint density at radius 2 is 2.19 bits per heavy atom. The summed E-state index contributed by atoms with van der Waals surface area (Å²) in [6.07, 6.45) is 5.81. The highest BCUT2D eigenvalue weighted by Crippen LogP contribution is 2.04. The van der Waals surface area contributed by atoms with Crippen LogP contribution in [-0.4, -0.2) is 37.4 Å². The summed E-state index contributed by atoms with van der Waals surface area (Å²) in [5.74, 6) is 0. The fourth-order valence-electron chi connectivity index (χ4n) is 2.33. The zero-order valence-corrected chi connectivity index (χ0v) is 13.0. The Bertz CT molecular complexity index is 632. The van der Waals surface area contributed by atoms with Crippen molar-refractivity contribution in [3.63, 3.8) is 0 Å². The number of aryl methyl sites for hydroxylation is 2. The summed E-state index contributed by atoms with van der Waals surface area (Å²) >= 11 is 0. The molecule has 0 fully saturated rings. The topological polar surface area (TPSA) is 77.6 Å². The van der Waals surface area contributed by atoms with Crippen molar-refractivity contribution >= 4 is 11.0 Å². The Labute approximate surface area is 124 Å². The van der Waals surface area contributed by atoms with Gasteiger partial charge in [-0.25, -0.2) is 9.36 Å². The second kappa shape index (κ2) is 7.31. The molecule has 0 aliphatic carbocycles. The molecule has 0 spiro atoms. The normalized spacial score (nSPS) is 12.9. The molecule has 2 aromatic heterocycles. The van der Waals surface area contributed by atoms with Crippen molar-refractivity contribution in [2.45, 2.75) is 52.1 Å². The average Bonchev–Trinajstić information content (AvgIpc) is 2.85. The first-order valence-corrected chi connectivity index (χ1v) is 7.62. The molecule has 7 nitrogen and oxygen atoms in total. The van der Waals surface area contributed by atoms with Gasteiger partial charge in [-0.15, -0.1) is 5.10 Å². The fourth-order valence-corrected chi connectivity index (χ4v) is 2.33. The fraction of sp³-hybridized carbons (Fsp3) is 0.714. The second-order valence-electron chi connectivity index (χ2n) is 5.47. The minimum absolute atomic E-state index is 0.106. The van der Waals surface area contributed by atoms with Crippen molar-refractivity contribution in [3.05, 3.63) is 16.6 Å². The minimum atomic E-state index is -0.106. The Hall–Kier alpha value is -1.76. The number of hydrogen-bond acceptors (Lipinski definition) is 5. The number of unbranched alkanes of at least 4 members (excludes halogenated alkanes) is 1. The third-order valence-electron chi connectivity index (χ3n) is 3.62. The van der Waals surface area contributed by atoms with Gasteiger partial charge in [0.05, 0.1) is 6.20 Å². The third-order valence-corrected chi connectivity index (χ3v) is 3.62. The highest BCUT2D eigenvalue weighted by Gasteiger charge is 2.09. The molecule has 0 saturated heterocycles. The molecule has 1 atom stereocenters. The van der Waals surface area contributed by atoms with Gasteiger partial charge in [-0.3, -0.25) is 4.79 Å². The molecule has 1 N–H and O–H groups in total. The van der Waals surface area contributed by atoms with E-state index in [0.717, 1.165) is 32.2 Å². The molecule has 0 radical (unpaired) electrons. The van der Waals surface area contributed by atoms with Gasteiger partial charge in [0, 0.05) is 19.6 Å². The lowest BCUT2D eigenvalue weighted by Crippen LogP contribution is -2.27. The van der Waals surface area contributed by atoms with Crippen LogP contribution in [0, 0.1) is 0 Å². The molecule has 7 heteroatoms. The molecular weight excluding hydrogens is 268 g/mol. The first-order valence-electron chi connectivity index (χ1n) is 7.62. The Morgan fingerprint density at radius 1 is 1.38 bits per heavy atom. The standard InChI is InChI=1S/C14H24N6O/c1-4-8-15-11(2)7-5-6-9-20-14(21)12-10-16-19(3)13(12)17-18-20/h10-11,15H,4-9H2,1-3H3. The lowest BCUT2D eigenvalue weighted by molar-refractivity contribution is 0.454. The number of hydrogen-bond donors (Lipinski definition) is 1. The molecule has 116 valence electrons. The predicted molar refractivity (Wildman–Crippen MR) is 82.2 cm³/mol. The maximum Gasteiger partial charge on any atom is 0.280 e. The van der Waals surface area contributed by atoms with Crippen LogP contribution in [-0.2, 0) is 13.6 Å². The van der Waals surface area contributed by atoms with Gasteiger partial charge in [-0.05, 0) is 32.7 Å². The summed E-state index contributed by atoms with van der Waals surface area (Å²) in [4.78, 5) is 12.2. The van der Waals surface area contributed by atoms with E-state index in [1.54, 1.807) is 17.9 Å². The first kappa shape index (κ1) is 15.6. The van der Waals surface area contributed by atoms with Crippen LogP contribution in [0.5, 0.6) is 0 Å². The molecule has 0 bridgehead atoms. The molecule has 0 aliphatic rings. The molecule has 0 aromatic carbocycles. The van der Waals surface area contributed by atoms with Gasteiger partial charge in [0.15, 0.2) is 5.65 Å². The van der Waals surface area contributed by atoms with Gasteiger partial charge in [0.25, 0.3) is 5.56 Å². The monoisotopic (exact) mass is 292 g/mol. The highest BCUT2D eigenvalue weighted by molar-refractivity contribution is 5.72. The maximum absolute atomic E-state index is 12.2. The van der Waals surface area contributed by atoms with Crippen LogP contribution in [0.1, 0.15) is 39.5 Å². The molecule has 0 aliphatic heterocycles. The quantitative estimate of drug-likeness (QED) is 0.737. The summed E-state index contributed by atoms with van der Waals surface area (Å²) in [5, 5.41) is 16.1. The molecule has 1 unspecified atom stereocenters. The molecule has 0 amide bonds. The summed E-state index contributed by atoms with van der Waals surface area (Å²) < 4.78 is 3.00. The van der Waals surface area contributed by atoms with Gasteiger partial charge in [0.1, 0.15) is 5.39 Å². The van der Waals surface area contributed by atoms with E-state index in [2.05, 4.69) is 34.6 Å². The highest BCUT2D eigenvalue weighted by atomic mass is 16.1. The van der Waals surface area contributed by atoms with Crippen molar-refractivity contribution < 1.29 is 0 Å². The number of nitrogens with one attached hydrogen (secondary N) is 1. The molecule has 2 rings (SSSR count). The van der Waals surface area contributed by atoms with E-state index >= 15 is 0 Å². The van der Waals surface area contributed by atoms with E-state index in [9.17, 15) is 4.79 Å². The first-order chi connectivity index (χ1) is 10.1. The van der Waals surface area contributed by atoms with Crippen LogP contribution < -0.4 is 10.9 Å². The van der Waals surface area contributed by atoms with Crippen molar-refractivity contribution in [2.75, 3.05) is 6.54 Å². The van der Waals surface area contributed by atoms with E-state index in [-0.39, 0.29) is 5.56 Å². The smallest absolute Gasteiger partial charge is 0.280 e. The van der Waals surface area contributed by atoms with Crippen molar-refractivity contribution in [2.24, 2.45) is 7.05 Å². The third kappa shape index (κ3) is 3.87. The van der Waals surface area contributed by atoms with Crippen molar-refractivity contribution in [3.8, 4) is 0 Å². The number of aromatic nitrogens is 5. The zero-order chi connectivity index (χ0) is 15.2. The van der Waals surface area contributed by atoms with Crippen LogP contribution in [0.2, 0.25) is 0 Å². The summed E-state index contributed by atoms with van der Waals surface area (Å²) in [7, 11) is 1.76. The molecule has 0 saturated carbocycles. The SMILES string of the molecule is CCCNC(C)CCCCn1nnc2c(cnn2C)c1=O. The Morgan fingerprint density at radius 3 is 2.95 bits per heavy atom. The van der Waals surface area contributed by atoms with Crippen LogP contribution in [0.3, 0.4) is 0 Å². The second-order valence-corrected chi connectivity index (χ2v) is 5.47. The van der Waals surface area contributed by atoms with Gasteiger partial charge in [0.2, 0.25) is 0 Å². The van der Waals surface area contributed by atoms with E-state index in [1.807, 2.05) is 0 Å². The van der Waals surface area contributed by atoms with Gasteiger partial charge in [-0.1, -0.05) is 18.6 Å². The summed E-state index contributed by atoms with van der Waals surface area (Å²) in [6, 6.07) is 0.522. The predicted octanol–water partition coefficient (Wildman–Crippen LogP) is 1.08. The summed E-state index contributed by atoms with van der Waals surface area (Å²) in [5.41, 5.74) is 0.430. The Balaban J connectivity index is 1.86. The minimum Gasteiger partial charge on any atom is -0.314 e. The molecular formula is C14H24N6O. The zero-order valence-electron chi connectivity index (χ0n) is 13.0. The number of fused-ring (bicyclic) bond motifs is 1. The Kier molecular flexibility index (Phi) is 5.44. The lowest BCUT2D eigenvalue weighted by atomic mass is 10.1. The largest absolute Gasteiger partial charge is 0.314 e. The van der Waals surface area contributed by atoms with Crippen LogP contribution in [0.25, 0.3) is 11.0 Å². The number of rotatable bonds is 8. The van der Waals surface area contributed by atoms with Crippen LogP contribution in [0.15, 0.2) is 11.0 Å². The van der Waals surface area contributed by atoms with Crippen molar-refractivity contribution in [1.82, 2.24) is 30.1 Å². The van der Waals surface area contributed by atoms with E-state index < -0.39 is 0 Å². The van der Waals surface area contributed by atoms with Crippen LogP contribution >= 0.6 is 0 Å². The van der Waals surface area contributed by atoms with E-state index in [4.69, 9.17) is 0 Å². The molecule has 2 aromatic rings. The van der Waals surface area contributed by atoms with E-state index in [0.29, 0.717) is 23.6 Å². The summed E-state index contributed by atoms with van der Waals surface area (Å²) in [6.45, 7) is 6.03. The van der Waals surface area contributed by atoms with Gasteiger partial charge in [-0.2, -0.15) is 5.10 Å². The van der Waals surface area contributed by atoms with Gasteiger partial charge < -0.3 is 5.32 Å². The van der Waals surface area contributed by atoms with E-state index in [1.165, 1.54) is 4.68 Å². The average molecular weight is 292 g/mol. The van der Waals surface area contributed by atoms with Crippen LogP contribution in [0.4, 0.5) is 0 Å². The maximum atomic E-state index is 12.2. The lowest BCUT2D eigenvalue weighted by Gasteiger charge is -2.12. The number of nitrogens with zero attached hydrogens (tertiary/aromatic N) is 5. The van der Waals surface area contributed by atoms with Crippen molar-refractivity contribution in [1.29, 1.82) is 0 Å². The molecule has 2 heterocycles. The molecule has 21 heavy (non-hydrogen) atoms. The van der Waals surface area contributed by atoms with Gasteiger partial charge >= 0.3 is 0 Å².